The number of thiocarbonyl (C=S) groups is 1. The molecule has 0 spiro atoms. The van der Waals surface area contributed by atoms with Gasteiger partial charge in [0, 0.05) is 15.1 Å². The lowest BCUT2D eigenvalue weighted by Gasteiger charge is -2.14. The first-order valence-electron chi connectivity index (χ1n) is 9.22. The van der Waals surface area contributed by atoms with Crippen LogP contribution in [0.25, 0.3) is 6.08 Å². The molecule has 0 saturated carbocycles. The van der Waals surface area contributed by atoms with Gasteiger partial charge in [-0.3, -0.25) is 9.69 Å². The number of halogens is 4. The highest BCUT2D eigenvalue weighted by molar-refractivity contribution is 9.11. The molecule has 1 amide bonds. The van der Waals surface area contributed by atoms with Gasteiger partial charge in [0.05, 0.1) is 19.5 Å². The Morgan fingerprint density at radius 1 is 1.03 bits per heavy atom. The van der Waals surface area contributed by atoms with Gasteiger partial charge in [-0.1, -0.05) is 69.7 Å². The summed E-state index contributed by atoms with van der Waals surface area (Å²) in [7, 11) is 0. The zero-order chi connectivity index (χ0) is 22.8. The molecule has 162 valence electrons. The van der Waals surface area contributed by atoms with Crippen LogP contribution in [0.2, 0.25) is 5.02 Å². The zero-order valence-electron chi connectivity index (χ0n) is 16.2. The number of carbonyl (C=O) groups is 1. The van der Waals surface area contributed by atoms with Gasteiger partial charge in [-0.05, 0) is 86.0 Å². The Hall–Kier alpha value is -1.16. The van der Waals surface area contributed by atoms with E-state index in [-0.39, 0.29) is 5.91 Å². The van der Waals surface area contributed by atoms with Gasteiger partial charge in [0.2, 0.25) is 0 Å². The summed E-state index contributed by atoms with van der Waals surface area (Å²) >= 11 is 23.5. The topological polar surface area (TPSA) is 29.5 Å². The SMILES string of the molecule is O=C1/C(=C\c2cc(Br)c(OCc3ccccc3Cl)c(Br)c2)SC(=S)N1c1ccc(Br)cc1. The van der Waals surface area contributed by atoms with Crippen LogP contribution in [0.4, 0.5) is 5.69 Å². The van der Waals surface area contributed by atoms with Gasteiger partial charge in [0.15, 0.2) is 4.32 Å². The first-order valence-corrected chi connectivity index (χ1v) is 13.2. The van der Waals surface area contributed by atoms with Gasteiger partial charge in [-0.15, -0.1) is 0 Å². The van der Waals surface area contributed by atoms with E-state index in [2.05, 4.69) is 47.8 Å². The summed E-state index contributed by atoms with van der Waals surface area (Å²) in [6, 6.07) is 18.8. The van der Waals surface area contributed by atoms with Crippen LogP contribution in [-0.2, 0) is 11.4 Å². The molecule has 3 aromatic rings. The van der Waals surface area contributed by atoms with Crippen LogP contribution >= 0.6 is 83.4 Å². The average molecular weight is 675 g/mol. The minimum atomic E-state index is -0.145. The van der Waals surface area contributed by atoms with Crippen LogP contribution in [0.1, 0.15) is 11.1 Å². The first-order chi connectivity index (χ1) is 15.3. The lowest BCUT2D eigenvalue weighted by molar-refractivity contribution is -0.113. The van der Waals surface area contributed by atoms with E-state index in [9.17, 15) is 4.79 Å². The van der Waals surface area contributed by atoms with Crippen LogP contribution in [0, 0.1) is 0 Å². The Bertz CT molecular complexity index is 1230. The summed E-state index contributed by atoms with van der Waals surface area (Å²) in [5.41, 5.74) is 2.48. The van der Waals surface area contributed by atoms with Gasteiger partial charge in [-0.25, -0.2) is 0 Å². The summed E-state index contributed by atoms with van der Waals surface area (Å²) in [6.45, 7) is 0.335. The summed E-state index contributed by atoms with van der Waals surface area (Å²) in [6.07, 6.45) is 1.82. The van der Waals surface area contributed by atoms with Gasteiger partial charge < -0.3 is 4.74 Å². The van der Waals surface area contributed by atoms with E-state index < -0.39 is 0 Å². The first kappa shape index (κ1) is 24.0. The number of thioether (sulfide) groups is 1. The van der Waals surface area contributed by atoms with E-state index in [0.717, 1.165) is 30.2 Å². The second kappa shape index (κ2) is 10.4. The predicted octanol–water partition coefficient (Wildman–Crippen LogP) is 8.61. The van der Waals surface area contributed by atoms with Gasteiger partial charge in [0.1, 0.15) is 12.4 Å². The molecule has 9 heteroatoms. The molecular weight excluding hydrogens is 662 g/mol. The van der Waals surface area contributed by atoms with Crippen LogP contribution in [0.15, 0.2) is 79.0 Å². The molecule has 0 unspecified atom stereocenters. The number of nitrogens with zero attached hydrogens (tertiary/aromatic N) is 1. The van der Waals surface area contributed by atoms with E-state index in [1.807, 2.05) is 66.7 Å². The fraction of sp³-hybridized carbons (Fsp3) is 0.0435. The fourth-order valence-corrected chi connectivity index (χ4v) is 6.20. The second-order valence-corrected chi connectivity index (χ2v) is 11.4. The normalized spacial score (nSPS) is 15.0. The van der Waals surface area contributed by atoms with Gasteiger partial charge in [0.25, 0.3) is 5.91 Å². The number of benzene rings is 3. The number of carbonyl (C=O) groups excluding carboxylic acids is 1. The number of anilines is 1. The van der Waals surface area contributed by atoms with E-state index in [1.165, 1.54) is 11.8 Å². The smallest absolute Gasteiger partial charge is 0.270 e. The molecule has 0 aromatic heterocycles. The molecule has 4 rings (SSSR count). The minimum absolute atomic E-state index is 0.145. The van der Waals surface area contributed by atoms with Crippen molar-refractivity contribution >= 4 is 105 Å². The molecule has 0 atom stereocenters. The van der Waals surface area contributed by atoms with Crippen LogP contribution in [-0.4, -0.2) is 10.2 Å². The molecule has 1 aliphatic rings. The van der Waals surface area contributed by atoms with Crippen LogP contribution < -0.4 is 9.64 Å². The average Bonchev–Trinajstić information content (AvgIpc) is 3.02. The van der Waals surface area contributed by atoms with Crippen molar-refractivity contribution < 1.29 is 9.53 Å². The fourth-order valence-electron chi connectivity index (χ4n) is 3.00. The van der Waals surface area contributed by atoms with Gasteiger partial charge in [-0.2, -0.15) is 0 Å². The number of ether oxygens (including phenoxy) is 1. The predicted molar refractivity (Wildman–Crippen MR) is 147 cm³/mol. The third-order valence-corrected chi connectivity index (χ3v) is 7.90. The molecule has 3 aromatic carbocycles. The zero-order valence-corrected chi connectivity index (χ0v) is 23.3. The minimum Gasteiger partial charge on any atom is -0.486 e. The molecule has 1 aliphatic heterocycles. The quantitative estimate of drug-likeness (QED) is 0.200. The molecule has 0 N–H and O–H groups in total. The van der Waals surface area contributed by atoms with Crippen molar-refractivity contribution in [2.75, 3.05) is 4.90 Å². The van der Waals surface area contributed by atoms with Gasteiger partial charge >= 0.3 is 0 Å². The maximum Gasteiger partial charge on any atom is 0.270 e. The second-order valence-electron chi connectivity index (χ2n) is 6.69. The van der Waals surface area contributed by atoms with E-state index >= 15 is 0 Å². The Labute approximate surface area is 225 Å². The summed E-state index contributed by atoms with van der Waals surface area (Å²) in [5, 5.41) is 0.657. The highest BCUT2D eigenvalue weighted by Crippen LogP contribution is 2.39. The van der Waals surface area contributed by atoms with E-state index in [4.69, 9.17) is 28.6 Å². The van der Waals surface area contributed by atoms with Crippen molar-refractivity contribution in [2.24, 2.45) is 0 Å². The summed E-state index contributed by atoms with van der Waals surface area (Å²) < 4.78 is 8.93. The largest absolute Gasteiger partial charge is 0.486 e. The third kappa shape index (κ3) is 5.32. The van der Waals surface area contributed by atoms with E-state index in [0.29, 0.717) is 26.6 Å². The molecule has 3 nitrogen and oxygen atoms in total. The third-order valence-electron chi connectivity index (χ3n) is 4.53. The Morgan fingerprint density at radius 3 is 2.34 bits per heavy atom. The Morgan fingerprint density at radius 2 is 1.69 bits per heavy atom. The molecular formula is C23H13Br3ClNO2S2. The molecule has 0 bridgehead atoms. The molecule has 1 saturated heterocycles. The highest BCUT2D eigenvalue weighted by Gasteiger charge is 2.33. The molecule has 0 radical (unpaired) electrons. The van der Waals surface area contributed by atoms with Crippen molar-refractivity contribution in [3.8, 4) is 5.75 Å². The lowest BCUT2D eigenvalue weighted by Crippen LogP contribution is -2.27. The summed E-state index contributed by atoms with van der Waals surface area (Å²) in [5.74, 6) is 0.512. The maximum atomic E-state index is 13.0. The highest BCUT2D eigenvalue weighted by atomic mass is 79.9. The summed E-state index contributed by atoms with van der Waals surface area (Å²) in [4.78, 5) is 15.1. The standard InChI is InChI=1S/C23H13Br3ClNO2S2/c24-15-5-7-16(8-6-15)28-22(29)20(32-23(28)31)11-13-9-17(25)21(18(26)10-13)30-12-14-3-1-2-4-19(14)27/h1-11H,12H2/b20-11+. The maximum absolute atomic E-state index is 13.0. The van der Waals surface area contributed by atoms with Crippen molar-refractivity contribution in [1.29, 1.82) is 0 Å². The Kier molecular flexibility index (Phi) is 7.80. The number of hydrogen-bond donors (Lipinski definition) is 0. The molecule has 32 heavy (non-hydrogen) atoms. The molecule has 1 fully saturated rings. The van der Waals surface area contributed by atoms with Crippen molar-refractivity contribution in [3.05, 3.63) is 95.1 Å². The Balaban J connectivity index is 1.55. The van der Waals surface area contributed by atoms with Crippen LogP contribution in [0.3, 0.4) is 0 Å². The number of hydrogen-bond acceptors (Lipinski definition) is 4. The molecule has 0 aliphatic carbocycles. The molecule has 1 heterocycles. The number of rotatable bonds is 5. The number of amides is 1. The van der Waals surface area contributed by atoms with Crippen molar-refractivity contribution in [2.45, 2.75) is 6.61 Å². The van der Waals surface area contributed by atoms with Crippen molar-refractivity contribution in [1.82, 2.24) is 0 Å². The monoisotopic (exact) mass is 671 g/mol. The van der Waals surface area contributed by atoms with Crippen molar-refractivity contribution in [3.63, 3.8) is 0 Å². The lowest BCUT2D eigenvalue weighted by atomic mass is 10.2. The van der Waals surface area contributed by atoms with Crippen LogP contribution in [0.5, 0.6) is 5.75 Å². The van der Waals surface area contributed by atoms with E-state index in [1.54, 1.807) is 4.90 Å².